The fraction of sp³-hybridized carbons (Fsp3) is 0.176. The summed E-state index contributed by atoms with van der Waals surface area (Å²) in [5.74, 6) is 0. The van der Waals surface area contributed by atoms with Crippen LogP contribution in [0.5, 0.6) is 0 Å². The van der Waals surface area contributed by atoms with E-state index in [-0.39, 0.29) is 0 Å². The fourth-order valence-electron chi connectivity index (χ4n) is 1.73. The minimum absolute atomic E-state index is 0.371. The van der Waals surface area contributed by atoms with E-state index in [1.165, 1.54) is 10.0 Å². The fourth-order valence-corrected chi connectivity index (χ4v) is 3.92. The summed E-state index contributed by atoms with van der Waals surface area (Å²) in [6.45, 7) is 2.72. The van der Waals surface area contributed by atoms with Crippen molar-refractivity contribution in [2.24, 2.45) is 0 Å². The Morgan fingerprint density at radius 2 is 1.63 bits per heavy atom. The van der Waals surface area contributed by atoms with Gasteiger partial charge in [0.2, 0.25) is 0 Å². The summed E-state index contributed by atoms with van der Waals surface area (Å²) in [5, 5.41) is 0. The third-order valence-corrected chi connectivity index (χ3v) is 5.23. The quantitative estimate of drug-likeness (QED) is 0.587. The second-order valence-corrected chi connectivity index (χ2v) is 6.60. The van der Waals surface area contributed by atoms with E-state index in [4.69, 9.17) is 4.74 Å². The van der Waals surface area contributed by atoms with Crippen LogP contribution in [0.4, 0.5) is 0 Å². The van der Waals surface area contributed by atoms with Crippen LogP contribution in [-0.2, 0) is 4.74 Å². The monoisotopic (exact) mass is 318 g/mol. The van der Waals surface area contributed by atoms with Crippen molar-refractivity contribution in [3.8, 4) is 0 Å². The van der Waals surface area contributed by atoms with Crippen molar-refractivity contribution in [1.29, 1.82) is 0 Å². The minimum atomic E-state index is 0.371. The Morgan fingerprint density at radius 1 is 1.00 bits per heavy atom. The maximum absolute atomic E-state index is 5.35. The predicted molar refractivity (Wildman–Crippen MR) is 81.8 cm³/mol. The van der Waals surface area contributed by atoms with Crippen LogP contribution < -0.4 is 4.46 Å². The zero-order chi connectivity index (χ0) is 13.3. The molecule has 0 aliphatic heterocycles. The van der Waals surface area contributed by atoms with Crippen LogP contribution in [0.3, 0.4) is 0 Å². The number of hydrogen-bond acceptors (Lipinski definition) is 1. The molecule has 0 heterocycles. The Morgan fingerprint density at radius 3 is 2.26 bits per heavy atom. The molecule has 2 heteroatoms. The zero-order valence-electron chi connectivity index (χ0n) is 11.0. The summed E-state index contributed by atoms with van der Waals surface area (Å²) in [6, 6.07) is 21.3. The van der Waals surface area contributed by atoms with E-state index < -0.39 is 0 Å². The molecule has 0 bridgehead atoms. The number of rotatable bonds is 6. The molecule has 1 unspecified atom stereocenters. The van der Waals surface area contributed by atoms with Crippen molar-refractivity contribution in [1.82, 2.24) is 0 Å². The van der Waals surface area contributed by atoms with Crippen molar-refractivity contribution in [2.45, 2.75) is 11.7 Å². The molecule has 98 valence electrons. The first-order chi connectivity index (χ1) is 9.40. The van der Waals surface area contributed by atoms with E-state index in [1.807, 2.05) is 13.2 Å². The van der Waals surface area contributed by atoms with Gasteiger partial charge in [-0.05, 0) is 0 Å². The van der Waals surface area contributed by atoms with E-state index >= 15 is 0 Å². The molecule has 0 fully saturated rings. The molecule has 19 heavy (non-hydrogen) atoms. The van der Waals surface area contributed by atoms with Gasteiger partial charge in [-0.2, -0.15) is 0 Å². The molecule has 0 saturated carbocycles. The molecule has 2 rings (SSSR count). The Labute approximate surface area is 121 Å². The van der Waals surface area contributed by atoms with Gasteiger partial charge in [0, 0.05) is 0 Å². The van der Waals surface area contributed by atoms with Gasteiger partial charge < -0.3 is 0 Å². The molecule has 0 N–H and O–H groups in total. The first-order valence-electron chi connectivity index (χ1n) is 6.45. The van der Waals surface area contributed by atoms with Crippen molar-refractivity contribution < 1.29 is 4.74 Å². The Bertz CT molecular complexity index is 493. The van der Waals surface area contributed by atoms with Crippen molar-refractivity contribution >= 4 is 19.4 Å². The van der Waals surface area contributed by atoms with Crippen molar-refractivity contribution in [3.63, 3.8) is 0 Å². The summed E-state index contributed by atoms with van der Waals surface area (Å²) in [5.41, 5.74) is 1.35. The number of allylic oxidation sites excluding steroid dienone is 1. The van der Waals surface area contributed by atoms with Gasteiger partial charge in [0.15, 0.2) is 0 Å². The van der Waals surface area contributed by atoms with Crippen molar-refractivity contribution in [2.75, 3.05) is 6.61 Å². The van der Waals surface area contributed by atoms with Gasteiger partial charge in [-0.1, -0.05) is 0 Å². The zero-order valence-corrected chi connectivity index (χ0v) is 12.7. The first kappa shape index (κ1) is 13.9. The summed E-state index contributed by atoms with van der Waals surface area (Å²) in [6.07, 6.45) is 4.01. The molecular weight excluding hydrogens is 299 g/mol. The van der Waals surface area contributed by atoms with Gasteiger partial charge in [0.25, 0.3) is 0 Å². The molecule has 1 nitrogen and oxygen atoms in total. The molecule has 2 aromatic carbocycles. The molecule has 0 spiro atoms. The standard InChI is InChI=1S/C17H18OSe/c1-2-18-14-13-17(15-9-5-3-6-10-15)19-16-11-7-4-8-12-16/h3-14,17H,2H2,1H3/b14-13+. The molecule has 0 aliphatic carbocycles. The van der Waals surface area contributed by atoms with Crippen LogP contribution >= 0.6 is 0 Å². The van der Waals surface area contributed by atoms with Crippen LogP contribution in [0.1, 0.15) is 17.3 Å². The molecule has 0 amide bonds. The summed E-state index contributed by atoms with van der Waals surface area (Å²) in [7, 11) is 0. The molecule has 0 aliphatic rings. The second kappa shape index (κ2) is 7.83. The van der Waals surface area contributed by atoms with E-state index in [2.05, 4.69) is 66.7 Å². The molecule has 2 aromatic rings. The van der Waals surface area contributed by atoms with Crippen LogP contribution in [0, 0.1) is 0 Å². The molecule has 1 atom stereocenters. The SMILES string of the molecule is CCO/C=C/C([Se]c1ccccc1)c1ccccc1. The molecule has 0 saturated heterocycles. The van der Waals surface area contributed by atoms with E-state index in [0.717, 1.165) is 6.61 Å². The topological polar surface area (TPSA) is 9.23 Å². The van der Waals surface area contributed by atoms with Gasteiger partial charge in [0.05, 0.1) is 0 Å². The van der Waals surface area contributed by atoms with Gasteiger partial charge >= 0.3 is 121 Å². The molecular formula is C17H18OSe. The van der Waals surface area contributed by atoms with E-state index in [9.17, 15) is 0 Å². The van der Waals surface area contributed by atoms with Crippen LogP contribution in [-0.4, -0.2) is 21.6 Å². The van der Waals surface area contributed by atoms with Gasteiger partial charge in [0.1, 0.15) is 0 Å². The van der Waals surface area contributed by atoms with Gasteiger partial charge in [-0.3, -0.25) is 0 Å². The summed E-state index contributed by atoms with van der Waals surface area (Å²) >= 11 is 0.371. The van der Waals surface area contributed by atoms with Crippen LogP contribution in [0.2, 0.25) is 0 Å². The van der Waals surface area contributed by atoms with E-state index in [1.54, 1.807) is 0 Å². The van der Waals surface area contributed by atoms with Gasteiger partial charge in [-0.25, -0.2) is 0 Å². The first-order valence-corrected chi connectivity index (χ1v) is 8.29. The number of hydrogen-bond donors (Lipinski definition) is 0. The predicted octanol–water partition coefficient (Wildman–Crippen LogP) is 3.31. The third-order valence-electron chi connectivity index (χ3n) is 2.65. The Hall–Kier alpha value is -1.50. The van der Waals surface area contributed by atoms with Crippen molar-refractivity contribution in [3.05, 3.63) is 78.6 Å². The number of ether oxygens (including phenoxy) is 1. The number of benzene rings is 2. The van der Waals surface area contributed by atoms with Crippen LogP contribution in [0.15, 0.2) is 73.0 Å². The molecule has 0 aromatic heterocycles. The maximum atomic E-state index is 5.35. The summed E-state index contributed by atoms with van der Waals surface area (Å²) < 4.78 is 6.76. The average molecular weight is 317 g/mol. The normalized spacial score (nSPS) is 12.5. The summed E-state index contributed by atoms with van der Waals surface area (Å²) in [4.78, 5) is 0.419. The van der Waals surface area contributed by atoms with Gasteiger partial charge in [-0.15, -0.1) is 0 Å². The third kappa shape index (κ3) is 4.59. The molecule has 0 radical (unpaired) electrons. The Kier molecular flexibility index (Phi) is 5.74. The average Bonchev–Trinajstić information content (AvgIpc) is 2.48. The Balaban J connectivity index is 2.15. The van der Waals surface area contributed by atoms with Crippen LogP contribution in [0.25, 0.3) is 0 Å². The van der Waals surface area contributed by atoms with E-state index in [0.29, 0.717) is 19.8 Å². The second-order valence-electron chi connectivity index (χ2n) is 4.05.